The van der Waals surface area contributed by atoms with Gasteiger partial charge in [-0.05, 0) is 31.2 Å². The zero-order valence-electron chi connectivity index (χ0n) is 15.3. The van der Waals surface area contributed by atoms with Crippen LogP contribution in [0.5, 0.6) is 0 Å². The molecule has 148 valence electrons. The number of amides is 2. The minimum Gasteiger partial charge on any atom is -0.462 e. The number of esters is 1. The van der Waals surface area contributed by atoms with Gasteiger partial charge >= 0.3 is 5.97 Å². The molecule has 0 atom stereocenters. The van der Waals surface area contributed by atoms with Gasteiger partial charge in [0.2, 0.25) is 22.3 Å². The van der Waals surface area contributed by atoms with Crippen LogP contribution in [0.1, 0.15) is 17.3 Å². The first-order valence-corrected chi connectivity index (χ1v) is 10.3. The molecule has 0 bridgehead atoms. The molecule has 10 heteroatoms. The number of hydrogen-bond donors (Lipinski definition) is 0. The third-order valence-corrected chi connectivity index (χ3v) is 5.30. The highest BCUT2D eigenvalue weighted by atomic mass is 32.2. The normalized spacial score (nSPS) is 14.6. The molecular weight excluding hydrogens is 374 g/mol. The lowest BCUT2D eigenvalue weighted by atomic mass is 10.2. The molecule has 0 radical (unpaired) electrons. The van der Waals surface area contributed by atoms with Gasteiger partial charge in [-0.2, -0.15) is 0 Å². The molecule has 1 aromatic carbocycles. The quantitative estimate of drug-likeness (QED) is 0.471. The summed E-state index contributed by atoms with van der Waals surface area (Å²) in [6.45, 7) is 3.14. The average Bonchev–Trinajstić information content (AvgIpc) is 2.65. The van der Waals surface area contributed by atoms with Crippen LogP contribution < -0.4 is 4.31 Å². The van der Waals surface area contributed by atoms with E-state index in [0.717, 1.165) is 17.0 Å². The van der Waals surface area contributed by atoms with Crippen LogP contribution in [0.2, 0.25) is 0 Å². The molecule has 1 heterocycles. The predicted molar refractivity (Wildman–Crippen MR) is 98.8 cm³/mol. The first kappa shape index (κ1) is 20.7. The Morgan fingerprint density at radius 2 is 1.74 bits per heavy atom. The molecule has 1 aliphatic rings. The Kier molecular flexibility index (Phi) is 6.78. The van der Waals surface area contributed by atoms with Gasteiger partial charge in [0.05, 0.1) is 24.1 Å². The number of nitrogens with zero attached hydrogens (tertiary/aromatic N) is 3. The van der Waals surface area contributed by atoms with E-state index < -0.39 is 16.0 Å². The Morgan fingerprint density at radius 3 is 2.22 bits per heavy atom. The zero-order chi connectivity index (χ0) is 20.0. The zero-order valence-corrected chi connectivity index (χ0v) is 16.1. The van der Waals surface area contributed by atoms with Crippen molar-refractivity contribution >= 4 is 34.0 Å². The van der Waals surface area contributed by atoms with Crippen molar-refractivity contribution in [1.82, 2.24) is 9.80 Å². The fraction of sp³-hybridized carbons (Fsp3) is 0.471. The van der Waals surface area contributed by atoms with Gasteiger partial charge in [0.15, 0.2) is 0 Å². The summed E-state index contributed by atoms with van der Waals surface area (Å²) in [4.78, 5) is 38.1. The molecule has 0 N–H and O–H groups in total. The van der Waals surface area contributed by atoms with Crippen LogP contribution in [0, 0.1) is 0 Å². The Balaban J connectivity index is 2.13. The van der Waals surface area contributed by atoms with Crippen molar-refractivity contribution in [3.8, 4) is 0 Å². The second kappa shape index (κ2) is 8.85. The molecule has 9 nitrogen and oxygen atoms in total. The molecule has 0 spiro atoms. The number of hydrogen-bond acceptors (Lipinski definition) is 6. The van der Waals surface area contributed by atoms with Gasteiger partial charge in [-0.1, -0.05) is 0 Å². The number of rotatable bonds is 7. The van der Waals surface area contributed by atoms with Crippen LogP contribution in [0.15, 0.2) is 24.3 Å². The van der Waals surface area contributed by atoms with Gasteiger partial charge < -0.3 is 14.5 Å². The summed E-state index contributed by atoms with van der Waals surface area (Å²) in [7, 11) is -3.71. The number of sulfonamides is 1. The van der Waals surface area contributed by atoms with Crippen molar-refractivity contribution in [3.05, 3.63) is 29.8 Å². The van der Waals surface area contributed by atoms with Crippen molar-refractivity contribution in [1.29, 1.82) is 0 Å². The van der Waals surface area contributed by atoms with E-state index in [0.29, 0.717) is 31.7 Å². The van der Waals surface area contributed by atoms with Crippen molar-refractivity contribution in [2.24, 2.45) is 0 Å². The topological polar surface area (TPSA) is 104 Å². The third kappa shape index (κ3) is 5.43. The molecule has 0 aliphatic carbocycles. The monoisotopic (exact) mass is 397 g/mol. The Hall–Kier alpha value is -2.62. The first-order valence-electron chi connectivity index (χ1n) is 8.48. The highest BCUT2D eigenvalue weighted by Crippen LogP contribution is 2.19. The largest absolute Gasteiger partial charge is 0.462 e. The second-order valence-corrected chi connectivity index (χ2v) is 7.97. The molecule has 27 heavy (non-hydrogen) atoms. The smallest absolute Gasteiger partial charge is 0.338 e. The lowest BCUT2D eigenvalue weighted by Crippen LogP contribution is -2.51. The fourth-order valence-electron chi connectivity index (χ4n) is 2.68. The van der Waals surface area contributed by atoms with Crippen molar-refractivity contribution in [3.63, 3.8) is 0 Å². The minimum atomic E-state index is -3.71. The maximum atomic E-state index is 12.5. The molecule has 0 unspecified atom stereocenters. The van der Waals surface area contributed by atoms with Crippen LogP contribution in [0.25, 0.3) is 0 Å². The maximum Gasteiger partial charge on any atom is 0.338 e. The summed E-state index contributed by atoms with van der Waals surface area (Å²) in [6, 6.07) is 5.84. The number of carbonyl (C=O) groups is 3. The van der Waals surface area contributed by atoms with Crippen molar-refractivity contribution in [2.75, 3.05) is 49.9 Å². The van der Waals surface area contributed by atoms with E-state index in [1.54, 1.807) is 11.8 Å². The molecular formula is C17H23N3O6S. The highest BCUT2D eigenvalue weighted by Gasteiger charge is 2.26. The molecule has 1 saturated heterocycles. The SMILES string of the molecule is CCOC(=O)c1ccc(N(CC(=O)N2CCN(C=O)CC2)S(C)(=O)=O)cc1. The van der Waals surface area contributed by atoms with Crippen molar-refractivity contribution in [2.45, 2.75) is 6.92 Å². The van der Waals surface area contributed by atoms with Crippen LogP contribution in [-0.2, 0) is 24.3 Å². The minimum absolute atomic E-state index is 0.238. The predicted octanol–water partition coefficient (Wildman–Crippen LogP) is -0.0701. The number of benzene rings is 1. The summed E-state index contributed by atoms with van der Waals surface area (Å²) in [5, 5.41) is 0. The first-order chi connectivity index (χ1) is 12.8. The van der Waals surface area contributed by atoms with E-state index in [4.69, 9.17) is 4.74 Å². The van der Waals surface area contributed by atoms with Crippen LogP contribution in [-0.4, -0.2) is 82.1 Å². The average molecular weight is 397 g/mol. The summed E-state index contributed by atoms with van der Waals surface area (Å²) < 4.78 is 30.3. The number of carbonyl (C=O) groups excluding carboxylic acids is 3. The lowest BCUT2D eigenvalue weighted by Gasteiger charge is -2.34. The standard InChI is InChI=1S/C17H23N3O6S/c1-3-26-17(23)14-4-6-15(7-5-14)20(27(2,24)25)12-16(22)19-10-8-18(13-21)9-11-19/h4-7,13H,3,8-12H2,1-2H3. The molecule has 0 aromatic heterocycles. The highest BCUT2D eigenvalue weighted by molar-refractivity contribution is 7.92. The van der Waals surface area contributed by atoms with Crippen molar-refractivity contribution < 1.29 is 27.5 Å². The fourth-order valence-corrected chi connectivity index (χ4v) is 3.53. The van der Waals surface area contributed by atoms with Gasteiger partial charge in [0, 0.05) is 26.2 Å². The molecule has 2 amide bonds. The molecule has 2 rings (SSSR count). The van der Waals surface area contributed by atoms with Gasteiger partial charge in [0.25, 0.3) is 0 Å². The maximum absolute atomic E-state index is 12.5. The van der Waals surface area contributed by atoms with E-state index in [2.05, 4.69) is 0 Å². The third-order valence-electron chi connectivity index (χ3n) is 4.16. The van der Waals surface area contributed by atoms with Crippen LogP contribution in [0.4, 0.5) is 5.69 Å². The van der Waals surface area contributed by atoms with Gasteiger partial charge in [-0.3, -0.25) is 13.9 Å². The summed E-state index contributed by atoms with van der Waals surface area (Å²) in [5.41, 5.74) is 0.579. The molecule has 0 saturated carbocycles. The van der Waals surface area contributed by atoms with Crippen LogP contribution >= 0.6 is 0 Å². The summed E-state index contributed by atoms with van der Waals surface area (Å²) >= 11 is 0. The molecule has 1 aliphatic heterocycles. The summed E-state index contributed by atoms with van der Waals surface area (Å²) in [6.07, 6.45) is 1.75. The van der Waals surface area contributed by atoms with Gasteiger partial charge in [-0.15, -0.1) is 0 Å². The Bertz CT molecular complexity index is 785. The van der Waals surface area contributed by atoms with E-state index in [1.165, 1.54) is 29.2 Å². The van der Waals surface area contributed by atoms with E-state index >= 15 is 0 Å². The number of anilines is 1. The molecule has 1 fully saturated rings. The van der Waals surface area contributed by atoms with Crippen LogP contribution in [0.3, 0.4) is 0 Å². The van der Waals surface area contributed by atoms with E-state index in [1.807, 2.05) is 0 Å². The van der Waals surface area contributed by atoms with E-state index in [-0.39, 0.29) is 24.7 Å². The lowest BCUT2D eigenvalue weighted by molar-refractivity contribution is -0.133. The van der Waals surface area contributed by atoms with Gasteiger partial charge in [-0.25, -0.2) is 13.2 Å². The summed E-state index contributed by atoms with van der Waals surface area (Å²) in [5.74, 6) is -0.848. The number of piperazine rings is 1. The Morgan fingerprint density at radius 1 is 1.15 bits per heavy atom. The van der Waals surface area contributed by atoms with E-state index in [9.17, 15) is 22.8 Å². The molecule has 1 aromatic rings. The Labute approximate surface area is 158 Å². The number of ether oxygens (including phenoxy) is 1. The second-order valence-electron chi connectivity index (χ2n) is 6.06. The van der Waals surface area contributed by atoms with Gasteiger partial charge in [0.1, 0.15) is 6.54 Å².